The zero-order valence-corrected chi connectivity index (χ0v) is 13.0. The van der Waals surface area contributed by atoms with E-state index in [1.54, 1.807) is 13.8 Å². The maximum atomic E-state index is 11.4. The Kier molecular flexibility index (Phi) is 4.42. The van der Waals surface area contributed by atoms with E-state index >= 15 is 0 Å². The van der Waals surface area contributed by atoms with Crippen LogP contribution in [0.1, 0.15) is 38.8 Å². The highest BCUT2D eigenvalue weighted by Crippen LogP contribution is 2.35. The number of ether oxygens (including phenoxy) is 2. The smallest absolute Gasteiger partial charge is 0.323 e. The number of fused-ring (bicyclic) bond motifs is 1. The minimum Gasteiger partial charge on any atom is -0.490 e. The maximum absolute atomic E-state index is 11.4. The van der Waals surface area contributed by atoms with E-state index in [4.69, 9.17) is 9.47 Å². The Morgan fingerprint density at radius 2 is 1.90 bits per heavy atom. The Labute approximate surface area is 125 Å². The first-order chi connectivity index (χ1) is 9.84. The first-order valence-electron chi connectivity index (χ1n) is 7.20. The lowest BCUT2D eigenvalue weighted by Crippen LogP contribution is -2.48. The number of carboxylic acids is 1. The summed E-state index contributed by atoms with van der Waals surface area (Å²) < 4.78 is 11.3. The van der Waals surface area contributed by atoms with Gasteiger partial charge in [0.2, 0.25) is 0 Å². The van der Waals surface area contributed by atoms with Gasteiger partial charge in [-0.25, -0.2) is 0 Å². The summed E-state index contributed by atoms with van der Waals surface area (Å²) in [5.74, 6) is 0.646. The molecule has 0 radical (unpaired) electrons. The molecule has 0 bridgehead atoms. The Hall–Kier alpha value is -1.75. The molecule has 0 saturated heterocycles. The Morgan fingerprint density at radius 3 is 2.52 bits per heavy atom. The molecule has 1 aromatic carbocycles. The highest BCUT2D eigenvalue weighted by molar-refractivity contribution is 5.77. The second-order valence-corrected chi connectivity index (χ2v) is 5.91. The van der Waals surface area contributed by atoms with Gasteiger partial charge in [0.25, 0.3) is 0 Å². The standard InChI is InChI=1S/C16H23NO4/c1-11(17(4)16(2,3)15(18)19)12-6-7-13-14(10-12)21-9-5-8-20-13/h6-7,10-11H,5,8-9H2,1-4H3,(H,18,19). The zero-order chi connectivity index (χ0) is 15.6. The third-order valence-corrected chi connectivity index (χ3v) is 4.24. The summed E-state index contributed by atoms with van der Waals surface area (Å²) in [5, 5.41) is 9.35. The van der Waals surface area contributed by atoms with Crippen LogP contribution in [0.4, 0.5) is 0 Å². The summed E-state index contributed by atoms with van der Waals surface area (Å²) in [6, 6.07) is 5.76. The Morgan fingerprint density at radius 1 is 1.29 bits per heavy atom. The van der Waals surface area contributed by atoms with Crippen molar-refractivity contribution in [2.24, 2.45) is 0 Å². The van der Waals surface area contributed by atoms with Crippen LogP contribution < -0.4 is 9.47 Å². The van der Waals surface area contributed by atoms with Crippen LogP contribution in [0.25, 0.3) is 0 Å². The Balaban J connectivity index is 2.25. The van der Waals surface area contributed by atoms with E-state index in [1.165, 1.54) is 0 Å². The van der Waals surface area contributed by atoms with E-state index in [9.17, 15) is 9.90 Å². The maximum Gasteiger partial charge on any atom is 0.323 e. The van der Waals surface area contributed by atoms with Crippen LogP contribution in [-0.4, -0.2) is 41.8 Å². The fraction of sp³-hybridized carbons (Fsp3) is 0.562. The number of aliphatic carboxylic acids is 1. The van der Waals surface area contributed by atoms with Gasteiger partial charge in [-0.2, -0.15) is 0 Å². The van der Waals surface area contributed by atoms with Gasteiger partial charge in [-0.15, -0.1) is 0 Å². The van der Waals surface area contributed by atoms with Crippen molar-refractivity contribution in [3.63, 3.8) is 0 Å². The van der Waals surface area contributed by atoms with E-state index in [-0.39, 0.29) is 6.04 Å². The molecule has 0 amide bonds. The van der Waals surface area contributed by atoms with Crippen molar-refractivity contribution in [2.45, 2.75) is 38.8 Å². The normalized spacial score (nSPS) is 16.4. The van der Waals surface area contributed by atoms with Crippen LogP contribution in [0.15, 0.2) is 18.2 Å². The second-order valence-electron chi connectivity index (χ2n) is 5.91. The number of carbonyl (C=O) groups is 1. The Bertz CT molecular complexity index is 527. The molecule has 0 aliphatic carbocycles. The van der Waals surface area contributed by atoms with Gasteiger partial charge in [0.1, 0.15) is 5.54 Å². The number of hydrogen-bond acceptors (Lipinski definition) is 4. The van der Waals surface area contributed by atoms with Crippen molar-refractivity contribution in [1.29, 1.82) is 0 Å². The van der Waals surface area contributed by atoms with E-state index in [2.05, 4.69) is 0 Å². The average molecular weight is 293 g/mol. The van der Waals surface area contributed by atoms with Gasteiger partial charge in [0.05, 0.1) is 13.2 Å². The summed E-state index contributed by atoms with van der Waals surface area (Å²) in [6.45, 7) is 6.70. The van der Waals surface area contributed by atoms with Gasteiger partial charge >= 0.3 is 5.97 Å². The molecule has 0 aromatic heterocycles. The van der Waals surface area contributed by atoms with Crippen LogP contribution in [0.3, 0.4) is 0 Å². The van der Waals surface area contributed by atoms with Gasteiger partial charge in [-0.3, -0.25) is 9.69 Å². The third-order valence-electron chi connectivity index (χ3n) is 4.24. The largest absolute Gasteiger partial charge is 0.490 e. The highest BCUT2D eigenvalue weighted by Gasteiger charge is 2.35. The van der Waals surface area contributed by atoms with Crippen molar-refractivity contribution < 1.29 is 19.4 Å². The van der Waals surface area contributed by atoms with Gasteiger partial charge in [-0.1, -0.05) is 6.07 Å². The van der Waals surface area contributed by atoms with Crippen LogP contribution in [0.2, 0.25) is 0 Å². The topological polar surface area (TPSA) is 59.0 Å². The van der Waals surface area contributed by atoms with Crippen molar-refractivity contribution in [1.82, 2.24) is 4.90 Å². The minimum atomic E-state index is -0.941. The quantitative estimate of drug-likeness (QED) is 0.925. The summed E-state index contributed by atoms with van der Waals surface area (Å²) >= 11 is 0. The summed E-state index contributed by atoms with van der Waals surface area (Å²) in [7, 11) is 1.82. The molecule has 0 fully saturated rings. The van der Waals surface area contributed by atoms with Gasteiger partial charge in [0.15, 0.2) is 11.5 Å². The number of nitrogens with zero attached hydrogens (tertiary/aromatic N) is 1. The monoisotopic (exact) mass is 293 g/mol. The van der Waals surface area contributed by atoms with Crippen LogP contribution in [-0.2, 0) is 4.79 Å². The molecule has 0 spiro atoms. The number of benzene rings is 1. The zero-order valence-electron chi connectivity index (χ0n) is 13.0. The molecule has 2 rings (SSSR count). The number of rotatable bonds is 4. The molecule has 1 atom stereocenters. The lowest BCUT2D eigenvalue weighted by molar-refractivity contribution is -0.149. The van der Waals surface area contributed by atoms with Gasteiger partial charge in [-0.05, 0) is 45.5 Å². The minimum absolute atomic E-state index is 0.0479. The van der Waals surface area contributed by atoms with E-state index in [0.717, 1.165) is 23.5 Å². The third kappa shape index (κ3) is 3.13. The number of carboxylic acid groups (broad SMARTS) is 1. The molecular weight excluding hydrogens is 270 g/mol. The molecule has 21 heavy (non-hydrogen) atoms. The summed E-state index contributed by atoms with van der Waals surface area (Å²) in [6.07, 6.45) is 0.867. The van der Waals surface area contributed by atoms with E-state index in [0.29, 0.717) is 13.2 Å². The van der Waals surface area contributed by atoms with Gasteiger partial charge < -0.3 is 14.6 Å². The van der Waals surface area contributed by atoms with Crippen molar-refractivity contribution >= 4 is 5.97 Å². The molecule has 0 saturated carbocycles. The second kappa shape index (κ2) is 5.93. The summed E-state index contributed by atoms with van der Waals surface area (Å²) in [4.78, 5) is 13.2. The SMILES string of the molecule is CC(c1ccc2c(c1)OCCCO2)N(C)C(C)(C)C(=O)O. The predicted molar refractivity (Wildman–Crippen MR) is 79.9 cm³/mol. The number of likely N-dealkylation sites (N-methyl/N-ethyl adjacent to an activating group) is 1. The fourth-order valence-electron chi connectivity index (χ4n) is 2.30. The van der Waals surface area contributed by atoms with Crippen LogP contribution in [0, 0.1) is 0 Å². The van der Waals surface area contributed by atoms with Crippen LogP contribution >= 0.6 is 0 Å². The molecule has 5 heteroatoms. The first kappa shape index (κ1) is 15.6. The van der Waals surface area contributed by atoms with Crippen molar-refractivity contribution in [2.75, 3.05) is 20.3 Å². The molecule has 1 unspecified atom stereocenters. The number of hydrogen-bond donors (Lipinski definition) is 1. The van der Waals surface area contributed by atoms with E-state index < -0.39 is 11.5 Å². The molecule has 1 aliphatic rings. The molecule has 5 nitrogen and oxygen atoms in total. The predicted octanol–water partition coefficient (Wildman–Crippen LogP) is 2.70. The van der Waals surface area contributed by atoms with Crippen LogP contribution in [0.5, 0.6) is 11.5 Å². The molecule has 1 N–H and O–H groups in total. The average Bonchev–Trinajstić information content (AvgIpc) is 2.69. The lowest BCUT2D eigenvalue weighted by Gasteiger charge is -2.36. The molecule has 116 valence electrons. The van der Waals surface area contributed by atoms with Crippen molar-refractivity contribution in [3.05, 3.63) is 23.8 Å². The van der Waals surface area contributed by atoms with Crippen molar-refractivity contribution in [3.8, 4) is 11.5 Å². The molecule has 1 aliphatic heterocycles. The molecular formula is C16H23NO4. The fourth-order valence-corrected chi connectivity index (χ4v) is 2.30. The first-order valence-corrected chi connectivity index (χ1v) is 7.20. The van der Waals surface area contributed by atoms with E-state index in [1.807, 2.05) is 37.1 Å². The highest BCUT2D eigenvalue weighted by atomic mass is 16.5. The molecule has 1 aromatic rings. The van der Waals surface area contributed by atoms with Gasteiger partial charge in [0, 0.05) is 12.5 Å². The lowest BCUT2D eigenvalue weighted by atomic mass is 9.98. The summed E-state index contributed by atoms with van der Waals surface area (Å²) in [5.41, 5.74) is 0.0693. The molecule has 1 heterocycles.